The highest BCUT2D eigenvalue weighted by molar-refractivity contribution is 5.97. The molecule has 0 spiro atoms. The largest absolute Gasteiger partial charge is 0.370 e. The minimum atomic E-state index is -0.0498. The zero-order valence-electron chi connectivity index (χ0n) is 7.31. The maximum Gasteiger partial charge on any atom is 0.193 e. The van der Waals surface area contributed by atoms with E-state index >= 15 is 0 Å². The van der Waals surface area contributed by atoms with E-state index in [1.54, 1.807) is 0 Å². The first-order chi connectivity index (χ1) is 5.00. The fourth-order valence-corrected chi connectivity index (χ4v) is 0.782. The lowest BCUT2D eigenvalue weighted by Crippen LogP contribution is -2.42. The van der Waals surface area contributed by atoms with E-state index in [0.29, 0.717) is 12.4 Å². The first kappa shape index (κ1) is 9.94. The first-order valence-electron chi connectivity index (χ1n) is 3.70. The van der Waals surface area contributed by atoms with Gasteiger partial charge in [-0.2, -0.15) is 0 Å². The normalized spacial score (nSPS) is 9.82. The molecule has 64 valence electrons. The Morgan fingerprint density at radius 3 is 2.00 bits per heavy atom. The number of amidine groups is 1. The number of guanidine groups is 1. The third kappa shape index (κ3) is 2.57. The zero-order chi connectivity index (χ0) is 9.02. The van der Waals surface area contributed by atoms with Gasteiger partial charge in [0.25, 0.3) is 0 Å². The van der Waals surface area contributed by atoms with Crippen LogP contribution in [0.5, 0.6) is 0 Å². The van der Waals surface area contributed by atoms with E-state index in [-0.39, 0.29) is 11.9 Å². The number of rotatable bonds is 2. The third-order valence-electron chi connectivity index (χ3n) is 1.44. The van der Waals surface area contributed by atoms with Crippen molar-refractivity contribution in [1.29, 1.82) is 10.8 Å². The molecule has 4 nitrogen and oxygen atoms in total. The number of nitrogens with one attached hydrogen (secondary N) is 2. The highest BCUT2D eigenvalue weighted by Gasteiger charge is 2.12. The van der Waals surface area contributed by atoms with Crippen molar-refractivity contribution < 1.29 is 0 Å². The summed E-state index contributed by atoms with van der Waals surface area (Å²) in [6.07, 6.45) is 0. The number of nitrogens with two attached hydrogens (primary N) is 1. The molecular formula is C7H16N4. The van der Waals surface area contributed by atoms with Crippen LogP contribution in [0.3, 0.4) is 0 Å². The van der Waals surface area contributed by atoms with E-state index in [1.165, 1.54) is 4.90 Å². The van der Waals surface area contributed by atoms with E-state index in [9.17, 15) is 0 Å². The van der Waals surface area contributed by atoms with Crippen molar-refractivity contribution in [3.63, 3.8) is 0 Å². The van der Waals surface area contributed by atoms with Gasteiger partial charge in [0.15, 0.2) is 5.96 Å². The summed E-state index contributed by atoms with van der Waals surface area (Å²) in [5.41, 5.74) is 5.25. The lowest BCUT2D eigenvalue weighted by atomic mass is 10.2. The molecule has 0 saturated heterocycles. The predicted molar refractivity (Wildman–Crippen MR) is 46.9 cm³/mol. The molecule has 0 rings (SSSR count). The van der Waals surface area contributed by atoms with Crippen LogP contribution >= 0.6 is 0 Å². The highest BCUT2D eigenvalue weighted by atomic mass is 15.3. The summed E-state index contributed by atoms with van der Waals surface area (Å²) in [5.74, 6) is 0.477. The van der Waals surface area contributed by atoms with Crippen LogP contribution in [0.25, 0.3) is 0 Å². The molecular weight excluding hydrogens is 140 g/mol. The zero-order valence-corrected chi connectivity index (χ0v) is 7.31. The van der Waals surface area contributed by atoms with Gasteiger partial charge in [0, 0.05) is 12.5 Å². The second kappa shape index (κ2) is 3.95. The van der Waals surface area contributed by atoms with Crippen LogP contribution in [0.1, 0.15) is 20.8 Å². The van der Waals surface area contributed by atoms with Crippen molar-refractivity contribution in [1.82, 2.24) is 4.90 Å². The maximum atomic E-state index is 7.54. The summed E-state index contributed by atoms with van der Waals surface area (Å²) in [6.45, 7) is 6.28. The number of hydrogen-bond acceptors (Lipinski definition) is 2. The minimum absolute atomic E-state index is 0.0498. The van der Waals surface area contributed by atoms with Crippen LogP contribution in [-0.2, 0) is 0 Å². The molecule has 0 amide bonds. The van der Waals surface area contributed by atoms with E-state index in [4.69, 9.17) is 16.6 Å². The second-order valence-corrected chi connectivity index (χ2v) is 2.67. The molecule has 0 aromatic rings. The molecule has 4 N–H and O–H groups in total. The van der Waals surface area contributed by atoms with Gasteiger partial charge in [-0.3, -0.25) is 10.8 Å². The molecule has 0 heterocycles. The van der Waals surface area contributed by atoms with Crippen molar-refractivity contribution in [3.05, 3.63) is 0 Å². The average Bonchev–Trinajstić information content (AvgIpc) is 1.88. The van der Waals surface area contributed by atoms with Gasteiger partial charge in [0.2, 0.25) is 0 Å². The average molecular weight is 156 g/mol. The van der Waals surface area contributed by atoms with Gasteiger partial charge < -0.3 is 10.6 Å². The highest BCUT2D eigenvalue weighted by Crippen LogP contribution is 2.00. The Hall–Kier alpha value is -1.06. The summed E-state index contributed by atoms with van der Waals surface area (Å²) in [4.78, 5) is 1.48. The van der Waals surface area contributed by atoms with Crippen LogP contribution in [0.15, 0.2) is 0 Å². The Morgan fingerprint density at radius 1 is 1.45 bits per heavy atom. The van der Waals surface area contributed by atoms with Gasteiger partial charge in [-0.1, -0.05) is 13.8 Å². The minimum Gasteiger partial charge on any atom is -0.370 e. The molecule has 4 heteroatoms. The molecule has 0 radical (unpaired) electrons. The summed E-state index contributed by atoms with van der Waals surface area (Å²) >= 11 is 0. The van der Waals surface area contributed by atoms with Crippen molar-refractivity contribution >= 4 is 11.8 Å². The van der Waals surface area contributed by atoms with E-state index in [0.717, 1.165) is 0 Å². The van der Waals surface area contributed by atoms with Crippen molar-refractivity contribution in [3.8, 4) is 0 Å². The van der Waals surface area contributed by atoms with E-state index in [2.05, 4.69) is 0 Å². The molecule has 0 saturated carbocycles. The quantitative estimate of drug-likeness (QED) is 0.409. The predicted octanol–water partition coefficient (Wildman–Crippen LogP) is 0.835. The molecule has 0 aromatic heterocycles. The van der Waals surface area contributed by atoms with Crippen LogP contribution < -0.4 is 5.73 Å². The Bertz CT molecular complexity index is 162. The molecule has 11 heavy (non-hydrogen) atoms. The van der Waals surface area contributed by atoms with Crippen molar-refractivity contribution in [2.75, 3.05) is 6.54 Å². The molecule has 0 fully saturated rings. The summed E-state index contributed by atoms with van der Waals surface area (Å²) in [6, 6.07) is 0. The lowest BCUT2D eigenvalue weighted by molar-refractivity contribution is 0.581. The Labute approximate surface area is 67.4 Å². The topological polar surface area (TPSA) is 77.0 Å². The van der Waals surface area contributed by atoms with Gasteiger partial charge in [-0.25, -0.2) is 0 Å². The molecule has 0 atom stereocenters. The lowest BCUT2D eigenvalue weighted by Gasteiger charge is -2.23. The molecule has 0 aliphatic carbocycles. The van der Waals surface area contributed by atoms with Gasteiger partial charge >= 0.3 is 0 Å². The smallest absolute Gasteiger partial charge is 0.193 e. The fraction of sp³-hybridized carbons (Fsp3) is 0.714. The van der Waals surface area contributed by atoms with Crippen LogP contribution in [0.2, 0.25) is 0 Å². The molecule has 0 unspecified atom stereocenters. The SMILES string of the molecule is CCN(C(=N)N)C(=N)C(C)C. The van der Waals surface area contributed by atoms with Crippen LogP contribution in [0.4, 0.5) is 0 Å². The third-order valence-corrected chi connectivity index (χ3v) is 1.44. The monoisotopic (exact) mass is 156 g/mol. The Morgan fingerprint density at radius 2 is 1.91 bits per heavy atom. The number of nitrogens with zero attached hydrogens (tertiary/aromatic N) is 1. The molecule has 0 aliphatic heterocycles. The van der Waals surface area contributed by atoms with E-state index < -0.39 is 0 Å². The van der Waals surface area contributed by atoms with Gasteiger partial charge in [0.1, 0.15) is 5.84 Å². The van der Waals surface area contributed by atoms with E-state index in [1.807, 2.05) is 20.8 Å². The molecule has 0 aromatic carbocycles. The molecule has 0 aliphatic rings. The second-order valence-electron chi connectivity index (χ2n) is 2.67. The van der Waals surface area contributed by atoms with Gasteiger partial charge in [-0.05, 0) is 6.92 Å². The summed E-state index contributed by atoms with van der Waals surface area (Å²) < 4.78 is 0. The van der Waals surface area contributed by atoms with Crippen LogP contribution in [0, 0.1) is 16.7 Å². The standard InChI is InChI=1S/C7H16N4/c1-4-11(7(9)10)6(8)5(2)3/h5,8H,4H2,1-3H3,(H3,9,10). The summed E-state index contributed by atoms with van der Waals surface area (Å²) in [7, 11) is 0. The van der Waals surface area contributed by atoms with Crippen molar-refractivity contribution in [2.24, 2.45) is 11.7 Å². The summed E-state index contributed by atoms with van der Waals surface area (Å²) in [5, 5.41) is 14.7. The molecule has 0 bridgehead atoms. The first-order valence-corrected chi connectivity index (χ1v) is 3.70. The van der Waals surface area contributed by atoms with Gasteiger partial charge in [-0.15, -0.1) is 0 Å². The Balaban J connectivity index is 4.27. The van der Waals surface area contributed by atoms with Crippen LogP contribution in [-0.4, -0.2) is 23.2 Å². The Kier molecular flexibility index (Phi) is 3.57. The van der Waals surface area contributed by atoms with Gasteiger partial charge in [0.05, 0.1) is 0 Å². The fourth-order valence-electron chi connectivity index (χ4n) is 0.782. The maximum absolute atomic E-state index is 7.54. The van der Waals surface area contributed by atoms with Crippen molar-refractivity contribution in [2.45, 2.75) is 20.8 Å². The number of hydrogen-bond donors (Lipinski definition) is 3.